The number of ether oxygens (including phenoxy) is 2. The highest BCUT2D eigenvalue weighted by atomic mass is 19.1. The first-order chi connectivity index (χ1) is 11.7. The summed E-state index contributed by atoms with van der Waals surface area (Å²) in [4.78, 5) is 12.2. The molecule has 0 bridgehead atoms. The van der Waals surface area contributed by atoms with Gasteiger partial charge in [-0.05, 0) is 42.7 Å². The molecule has 2 aromatic carbocycles. The van der Waals surface area contributed by atoms with Crippen LogP contribution in [-0.2, 0) is 5.41 Å². The zero-order chi connectivity index (χ0) is 16.6. The molecule has 2 aliphatic rings. The molecule has 1 aliphatic carbocycles. The average Bonchev–Trinajstić information content (AvgIpc) is 3.41. The van der Waals surface area contributed by atoms with Gasteiger partial charge >= 0.3 is 0 Å². The van der Waals surface area contributed by atoms with Gasteiger partial charge in [0.2, 0.25) is 0 Å². The molecule has 4 rings (SSSR count). The summed E-state index contributed by atoms with van der Waals surface area (Å²) in [6, 6.07) is 12.0. The van der Waals surface area contributed by atoms with Crippen LogP contribution in [0.4, 0.5) is 4.39 Å². The van der Waals surface area contributed by atoms with Gasteiger partial charge in [0, 0.05) is 12.0 Å². The van der Waals surface area contributed by atoms with Crippen LogP contribution in [0.15, 0.2) is 42.5 Å². The van der Waals surface area contributed by atoms with Gasteiger partial charge < -0.3 is 14.8 Å². The predicted octanol–water partition coefficient (Wildman–Crippen LogP) is 3.06. The fraction of sp³-hybridized carbons (Fsp3) is 0.316. The molecule has 1 saturated carbocycles. The minimum Gasteiger partial charge on any atom is -0.486 e. The third kappa shape index (κ3) is 2.70. The number of fused-ring (bicyclic) bond motifs is 1. The molecular weight excluding hydrogens is 309 g/mol. The molecule has 124 valence electrons. The van der Waals surface area contributed by atoms with E-state index in [4.69, 9.17) is 9.47 Å². The zero-order valence-electron chi connectivity index (χ0n) is 13.2. The summed E-state index contributed by atoms with van der Waals surface area (Å²) < 4.78 is 24.9. The van der Waals surface area contributed by atoms with Crippen LogP contribution in [-0.4, -0.2) is 25.7 Å². The number of carbonyl (C=O) groups is 1. The second kappa shape index (κ2) is 5.82. The highest BCUT2D eigenvalue weighted by Crippen LogP contribution is 2.49. The maximum atomic E-state index is 13.7. The van der Waals surface area contributed by atoms with Crippen molar-refractivity contribution in [1.82, 2.24) is 5.32 Å². The number of carbonyl (C=O) groups excluding carboxylic acids is 1. The third-order valence-electron chi connectivity index (χ3n) is 4.71. The monoisotopic (exact) mass is 327 g/mol. The van der Waals surface area contributed by atoms with Crippen LogP contribution in [0.1, 0.15) is 28.8 Å². The topological polar surface area (TPSA) is 47.6 Å². The zero-order valence-corrected chi connectivity index (χ0v) is 13.2. The Balaban J connectivity index is 1.48. The Labute approximate surface area is 139 Å². The van der Waals surface area contributed by atoms with Crippen molar-refractivity contribution < 1.29 is 18.7 Å². The fourth-order valence-corrected chi connectivity index (χ4v) is 3.08. The lowest BCUT2D eigenvalue weighted by atomic mass is 9.95. The van der Waals surface area contributed by atoms with E-state index >= 15 is 0 Å². The third-order valence-corrected chi connectivity index (χ3v) is 4.71. The number of rotatable bonds is 4. The van der Waals surface area contributed by atoms with Crippen LogP contribution in [0, 0.1) is 5.82 Å². The van der Waals surface area contributed by atoms with E-state index in [0.717, 1.165) is 29.9 Å². The van der Waals surface area contributed by atoms with Crippen molar-refractivity contribution in [2.75, 3.05) is 19.8 Å². The highest BCUT2D eigenvalue weighted by Gasteiger charge is 2.45. The van der Waals surface area contributed by atoms with Gasteiger partial charge in [0.25, 0.3) is 5.91 Å². The Hall–Kier alpha value is -2.56. The van der Waals surface area contributed by atoms with Gasteiger partial charge in [0.1, 0.15) is 19.0 Å². The normalized spacial score (nSPS) is 17.2. The van der Waals surface area contributed by atoms with Gasteiger partial charge in [-0.2, -0.15) is 0 Å². The lowest BCUT2D eigenvalue weighted by molar-refractivity contribution is 0.0945. The van der Waals surface area contributed by atoms with Crippen molar-refractivity contribution in [1.29, 1.82) is 0 Å². The summed E-state index contributed by atoms with van der Waals surface area (Å²) in [5, 5.41) is 2.87. The molecule has 1 fully saturated rings. The van der Waals surface area contributed by atoms with E-state index in [1.807, 2.05) is 18.2 Å². The van der Waals surface area contributed by atoms with Gasteiger partial charge in [0.05, 0.1) is 5.56 Å². The summed E-state index contributed by atoms with van der Waals surface area (Å²) in [5.74, 6) is 0.637. The molecule has 1 aliphatic heterocycles. The first-order valence-electron chi connectivity index (χ1n) is 8.11. The Kier molecular flexibility index (Phi) is 3.63. The van der Waals surface area contributed by atoms with Crippen molar-refractivity contribution in [3.63, 3.8) is 0 Å². The Morgan fingerprint density at radius 1 is 1.08 bits per heavy atom. The number of benzene rings is 2. The van der Waals surface area contributed by atoms with Crippen LogP contribution in [0.25, 0.3) is 0 Å². The number of hydrogen-bond acceptors (Lipinski definition) is 3. The molecule has 1 heterocycles. The maximum Gasteiger partial charge on any atom is 0.254 e. The van der Waals surface area contributed by atoms with Gasteiger partial charge in [0.15, 0.2) is 11.5 Å². The lowest BCUT2D eigenvalue weighted by Crippen LogP contribution is -2.32. The van der Waals surface area contributed by atoms with Crippen LogP contribution >= 0.6 is 0 Å². The van der Waals surface area contributed by atoms with Crippen molar-refractivity contribution >= 4 is 5.91 Å². The molecule has 2 aromatic rings. The summed E-state index contributed by atoms with van der Waals surface area (Å²) in [6.07, 6.45) is 1.98. The van der Waals surface area contributed by atoms with Crippen molar-refractivity contribution in [2.45, 2.75) is 18.3 Å². The molecule has 0 saturated heterocycles. The standard InChI is InChI=1S/C19H18FNO3/c20-15-4-2-1-3-14(15)18(22)21-12-19(7-8-19)13-5-6-16-17(11-13)24-10-9-23-16/h1-6,11H,7-10,12H2,(H,21,22). The molecular formula is C19H18FNO3. The molecule has 0 unspecified atom stereocenters. The van der Waals surface area contributed by atoms with E-state index in [1.165, 1.54) is 12.1 Å². The number of halogens is 1. The average molecular weight is 327 g/mol. The first kappa shape index (κ1) is 15.0. The van der Waals surface area contributed by atoms with E-state index in [0.29, 0.717) is 19.8 Å². The smallest absolute Gasteiger partial charge is 0.254 e. The first-order valence-corrected chi connectivity index (χ1v) is 8.11. The van der Waals surface area contributed by atoms with Crippen molar-refractivity contribution in [3.05, 3.63) is 59.4 Å². The van der Waals surface area contributed by atoms with Gasteiger partial charge in [-0.3, -0.25) is 4.79 Å². The van der Waals surface area contributed by atoms with Gasteiger partial charge in [-0.15, -0.1) is 0 Å². The van der Waals surface area contributed by atoms with Gasteiger partial charge in [-0.25, -0.2) is 4.39 Å². The highest BCUT2D eigenvalue weighted by molar-refractivity contribution is 5.94. The van der Waals surface area contributed by atoms with E-state index in [1.54, 1.807) is 12.1 Å². The fourth-order valence-electron chi connectivity index (χ4n) is 3.08. The van der Waals surface area contributed by atoms with Crippen LogP contribution in [0.3, 0.4) is 0 Å². The number of amides is 1. The molecule has 0 spiro atoms. The maximum absolute atomic E-state index is 13.7. The minimum absolute atomic E-state index is 0.0791. The summed E-state index contributed by atoms with van der Waals surface area (Å²) in [5.41, 5.74) is 1.12. The summed E-state index contributed by atoms with van der Waals surface area (Å²) >= 11 is 0. The Bertz CT molecular complexity index is 786. The van der Waals surface area contributed by atoms with Crippen LogP contribution in [0.5, 0.6) is 11.5 Å². The second-order valence-electron chi connectivity index (χ2n) is 6.30. The predicted molar refractivity (Wildman–Crippen MR) is 87.1 cm³/mol. The van der Waals surface area contributed by atoms with Crippen LogP contribution in [0.2, 0.25) is 0 Å². The van der Waals surface area contributed by atoms with Crippen molar-refractivity contribution in [2.24, 2.45) is 0 Å². The molecule has 1 amide bonds. The molecule has 4 nitrogen and oxygen atoms in total. The molecule has 24 heavy (non-hydrogen) atoms. The molecule has 0 atom stereocenters. The molecule has 0 aromatic heterocycles. The largest absolute Gasteiger partial charge is 0.486 e. The number of nitrogens with one attached hydrogen (secondary N) is 1. The number of hydrogen-bond donors (Lipinski definition) is 1. The van der Waals surface area contributed by atoms with E-state index in [9.17, 15) is 9.18 Å². The summed E-state index contributed by atoms with van der Waals surface area (Å²) in [7, 11) is 0. The second-order valence-corrected chi connectivity index (χ2v) is 6.30. The lowest BCUT2D eigenvalue weighted by Gasteiger charge is -2.22. The van der Waals surface area contributed by atoms with E-state index < -0.39 is 5.82 Å². The Morgan fingerprint density at radius 3 is 2.58 bits per heavy atom. The van der Waals surface area contributed by atoms with E-state index in [-0.39, 0.29) is 16.9 Å². The quantitative estimate of drug-likeness (QED) is 0.939. The molecule has 0 radical (unpaired) electrons. The summed E-state index contributed by atoms with van der Waals surface area (Å²) in [6.45, 7) is 1.60. The molecule has 1 N–H and O–H groups in total. The van der Waals surface area contributed by atoms with Gasteiger partial charge in [-0.1, -0.05) is 18.2 Å². The van der Waals surface area contributed by atoms with Crippen molar-refractivity contribution in [3.8, 4) is 11.5 Å². The van der Waals surface area contributed by atoms with E-state index in [2.05, 4.69) is 5.32 Å². The minimum atomic E-state index is -0.501. The van der Waals surface area contributed by atoms with Crippen LogP contribution < -0.4 is 14.8 Å². The SMILES string of the molecule is O=C(NCC1(c2ccc3c(c2)OCCO3)CC1)c1ccccc1F. The molecule has 5 heteroatoms. The Morgan fingerprint density at radius 2 is 1.83 bits per heavy atom.